The minimum atomic E-state index is -3.67. The van der Waals surface area contributed by atoms with Crippen molar-refractivity contribution in [2.75, 3.05) is 7.11 Å². The largest absolute Gasteiger partial charge is 1.00 e. The molecule has 1 heterocycles. The van der Waals surface area contributed by atoms with E-state index in [0.29, 0.717) is 0 Å². The number of benzene rings is 3. The molecule has 4 aromatic rings. The van der Waals surface area contributed by atoms with Crippen molar-refractivity contribution in [2.45, 2.75) is 13.8 Å². The predicted molar refractivity (Wildman–Crippen MR) is 125 cm³/mol. The summed E-state index contributed by atoms with van der Waals surface area (Å²) in [6.07, 6.45) is 0. The molecule has 0 unspecified atom stereocenters. The van der Waals surface area contributed by atoms with Crippen LogP contribution >= 0.6 is 0 Å². The molecule has 33 heavy (non-hydrogen) atoms. The summed E-state index contributed by atoms with van der Waals surface area (Å²) in [6, 6.07) is 29.2. The van der Waals surface area contributed by atoms with Gasteiger partial charge >= 0.3 is 19.1 Å². The van der Waals surface area contributed by atoms with E-state index in [1.54, 1.807) is 7.11 Å². The van der Waals surface area contributed by atoms with Gasteiger partial charge in [-0.2, -0.15) is 0 Å². The molecule has 0 spiro atoms. The van der Waals surface area contributed by atoms with Crippen LogP contribution in [0.25, 0.3) is 33.8 Å². The molecule has 170 valence electrons. The van der Waals surface area contributed by atoms with Crippen LogP contribution in [0.2, 0.25) is 0 Å². The van der Waals surface area contributed by atoms with E-state index in [4.69, 9.17) is 9.15 Å². The van der Waals surface area contributed by atoms with Crippen LogP contribution in [0.5, 0.6) is 5.75 Å². The van der Waals surface area contributed by atoms with Gasteiger partial charge in [0, 0.05) is 5.56 Å². The van der Waals surface area contributed by atoms with E-state index in [2.05, 4.69) is 74.5 Å². The Bertz CT molecular complexity index is 1080. The molecule has 0 aliphatic heterocycles. The lowest BCUT2D eigenvalue weighted by atomic mass is 10.0. The van der Waals surface area contributed by atoms with Crippen molar-refractivity contribution in [1.82, 2.24) is 0 Å². The standard InChI is InChI=1S/C26H23O2.BF3.FH/c1-18-4-8-20(9-5-18)23-16-25(21-10-6-19(2)7-11-21)28-26(17-23)22-12-14-24(27-3)15-13-22;2-1(3)4;/h4-17H,1-3H3;;1H/q+1;;/p-1. The molecule has 0 aliphatic carbocycles. The van der Waals surface area contributed by atoms with Gasteiger partial charge in [-0.15, -0.1) is 0 Å². The van der Waals surface area contributed by atoms with E-state index in [-0.39, 0.29) is 4.70 Å². The van der Waals surface area contributed by atoms with Crippen LogP contribution in [0, 0.1) is 13.8 Å². The monoisotopic (exact) mass is 454 g/mol. The lowest BCUT2D eigenvalue weighted by Gasteiger charge is -2.04. The van der Waals surface area contributed by atoms with Gasteiger partial charge in [0.25, 0.3) is 0 Å². The summed E-state index contributed by atoms with van der Waals surface area (Å²) in [6.45, 7) is 4.19. The maximum Gasteiger partial charge on any atom is 0.762 e. The zero-order chi connectivity index (χ0) is 23.1. The molecular weight excluding hydrogens is 431 g/mol. The van der Waals surface area contributed by atoms with Crippen LogP contribution in [-0.2, 0) is 0 Å². The second-order valence-corrected chi connectivity index (χ2v) is 7.28. The molecule has 0 atom stereocenters. The Hall–Kier alpha value is -3.61. The Balaban J connectivity index is 0.000000714. The van der Waals surface area contributed by atoms with E-state index >= 15 is 0 Å². The third-order valence-corrected chi connectivity index (χ3v) is 4.89. The Labute approximate surface area is 191 Å². The first-order chi connectivity index (χ1) is 15.4. The first kappa shape index (κ1) is 25.7. The van der Waals surface area contributed by atoms with Crippen LogP contribution in [0.3, 0.4) is 0 Å². The first-order valence-corrected chi connectivity index (χ1v) is 10.0. The third-order valence-electron chi connectivity index (χ3n) is 4.89. The fraction of sp³-hybridized carbons (Fsp3) is 0.115. The number of ether oxygens (including phenoxy) is 1. The zero-order valence-corrected chi connectivity index (χ0v) is 18.5. The maximum absolute atomic E-state index is 9.67. The molecule has 0 amide bonds. The topological polar surface area (TPSA) is 20.5 Å². The van der Waals surface area contributed by atoms with E-state index in [9.17, 15) is 12.9 Å². The smallest absolute Gasteiger partial charge is 0.762 e. The molecule has 4 rings (SSSR count). The highest BCUT2D eigenvalue weighted by atomic mass is 19.4. The highest BCUT2D eigenvalue weighted by Crippen LogP contribution is 2.33. The van der Waals surface area contributed by atoms with Gasteiger partial charge in [0.1, 0.15) is 5.75 Å². The van der Waals surface area contributed by atoms with Crippen LogP contribution in [-0.4, -0.2) is 14.7 Å². The summed E-state index contributed by atoms with van der Waals surface area (Å²) in [4.78, 5) is 0. The SMILES string of the molecule is COc1ccc(-c2cc(-c3ccc(C)cc3)cc(-c3ccc(C)cc3)[o+]2)cc1.FB(F)F.[F-]. The molecule has 0 fully saturated rings. The predicted octanol–water partition coefficient (Wildman–Crippen LogP) is 5.07. The number of halogens is 4. The number of aryl methyl sites for hydroxylation is 2. The molecule has 0 bridgehead atoms. The quantitative estimate of drug-likeness (QED) is 0.244. The van der Waals surface area contributed by atoms with Crippen LogP contribution < -0.4 is 9.44 Å². The fourth-order valence-corrected chi connectivity index (χ4v) is 3.17. The number of rotatable bonds is 4. The van der Waals surface area contributed by atoms with Crippen LogP contribution in [0.15, 0.2) is 89.3 Å². The lowest BCUT2D eigenvalue weighted by molar-refractivity contribution is -0.0000101. The summed E-state index contributed by atoms with van der Waals surface area (Å²) in [5.74, 6) is 2.51. The van der Waals surface area contributed by atoms with Crippen LogP contribution in [0.1, 0.15) is 11.1 Å². The van der Waals surface area contributed by atoms with Crippen molar-refractivity contribution < 1.29 is 26.8 Å². The summed E-state index contributed by atoms with van der Waals surface area (Å²) in [7, 11) is -1.99. The van der Waals surface area contributed by atoms with Gasteiger partial charge in [-0.05, 0) is 55.8 Å². The van der Waals surface area contributed by atoms with Gasteiger partial charge < -0.3 is 9.44 Å². The second kappa shape index (κ2) is 11.9. The van der Waals surface area contributed by atoms with Gasteiger partial charge in [-0.25, -0.2) is 4.42 Å². The summed E-state index contributed by atoms with van der Waals surface area (Å²) in [5.41, 5.74) is 6.86. The van der Waals surface area contributed by atoms with Gasteiger partial charge in [-0.1, -0.05) is 47.5 Å². The third kappa shape index (κ3) is 7.21. The Kier molecular flexibility index (Phi) is 9.22. The second-order valence-electron chi connectivity index (χ2n) is 7.28. The Morgan fingerprint density at radius 3 is 1.36 bits per heavy atom. The molecule has 2 nitrogen and oxygen atoms in total. The van der Waals surface area contributed by atoms with Crippen molar-refractivity contribution >= 4 is 7.54 Å². The van der Waals surface area contributed by atoms with Gasteiger partial charge in [0.2, 0.25) is 0 Å². The minimum Gasteiger partial charge on any atom is -1.00 e. The normalized spacial score (nSPS) is 9.88. The van der Waals surface area contributed by atoms with Crippen molar-refractivity contribution in [2.24, 2.45) is 0 Å². The van der Waals surface area contributed by atoms with E-state index in [1.807, 2.05) is 24.3 Å². The summed E-state index contributed by atoms with van der Waals surface area (Å²) in [5, 5.41) is 0. The van der Waals surface area contributed by atoms with Crippen LogP contribution in [0.4, 0.5) is 12.9 Å². The van der Waals surface area contributed by atoms with E-state index in [0.717, 1.165) is 34.0 Å². The molecule has 0 radical (unpaired) electrons. The number of methoxy groups -OCH3 is 1. The van der Waals surface area contributed by atoms with Gasteiger partial charge in [0.15, 0.2) is 0 Å². The minimum absolute atomic E-state index is 0. The maximum atomic E-state index is 9.67. The molecule has 0 saturated carbocycles. The van der Waals surface area contributed by atoms with Crippen molar-refractivity contribution in [3.63, 3.8) is 0 Å². The number of hydrogen-bond donors (Lipinski definition) is 0. The van der Waals surface area contributed by atoms with Crippen molar-refractivity contribution in [1.29, 1.82) is 0 Å². The molecule has 3 aromatic carbocycles. The lowest BCUT2D eigenvalue weighted by Crippen LogP contribution is -3.00. The summed E-state index contributed by atoms with van der Waals surface area (Å²) < 4.78 is 40.6. The molecule has 1 aromatic heterocycles. The van der Waals surface area contributed by atoms with E-state index < -0.39 is 7.54 Å². The van der Waals surface area contributed by atoms with Gasteiger partial charge in [0.05, 0.1) is 30.4 Å². The fourth-order valence-electron chi connectivity index (χ4n) is 3.17. The van der Waals surface area contributed by atoms with Crippen molar-refractivity contribution in [3.8, 4) is 39.5 Å². The first-order valence-electron chi connectivity index (χ1n) is 10.0. The molecule has 7 heteroatoms. The number of hydrogen-bond acceptors (Lipinski definition) is 1. The van der Waals surface area contributed by atoms with Crippen molar-refractivity contribution in [3.05, 3.63) is 96.1 Å². The zero-order valence-electron chi connectivity index (χ0n) is 18.5. The molecular formula is C26H23BF4O2. The van der Waals surface area contributed by atoms with E-state index in [1.165, 1.54) is 16.7 Å². The molecule has 0 N–H and O–H groups in total. The average molecular weight is 454 g/mol. The molecule has 0 saturated heterocycles. The highest BCUT2D eigenvalue weighted by molar-refractivity contribution is 6.33. The summed E-state index contributed by atoms with van der Waals surface area (Å²) >= 11 is 0. The average Bonchev–Trinajstić information content (AvgIpc) is 2.79. The molecule has 0 aliphatic rings. The Morgan fingerprint density at radius 2 is 0.970 bits per heavy atom. The van der Waals surface area contributed by atoms with Gasteiger partial charge in [-0.3, -0.25) is 12.9 Å². The Morgan fingerprint density at radius 1 is 0.606 bits per heavy atom. The highest BCUT2D eigenvalue weighted by Gasteiger charge is 2.20.